The summed E-state index contributed by atoms with van der Waals surface area (Å²) in [4.78, 5) is 2.60. The van der Waals surface area contributed by atoms with E-state index in [1.807, 2.05) is 12.1 Å². The summed E-state index contributed by atoms with van der Waals surface area (Å²) in [5.74, 6) is 0.981. The van der Waals surface area contributed by atoms with Crippen LogP contribution in [0.1, 0.15) is 31.7 Å². The molecular weight excluding hydrogens is 208 g/mol. The summed E-state index contributed by atoms with van der Waals surface area (Å²) in [6.07, 6.45) is 5.21. The summed E-state index contributed by atoms with van der Waals surface area (Å²) in [6, 6.07) is 8.24. The highest BCUT2D eigenvalue weighted by Crippen LogP contribution is 2.29. The van der Waals surface area contributed by atoms with Crippen molar-refractivity contribution in [1.82, 2.24) is 4.90 Å². The lowest BCUT2D eigenvalue weighted by Crippen LogP contribution is -2.29. The molecule has 0 atom stereocenters. The molecule has 1 aromatic carbocycles. The highest BCUT2D eigenvalue weighted by Gasteiger charge is 2.23. The molecule has 0 saturated heterocycles. The predicted molar refractivity (Wildman–Crippen MR) is 74.0 cm³/mol. The van der Waals surface area contributed by atoms with Crippen LogP contribution in [-0.4, -0.2) is 24.5 Å². The minimum Gasteiger partial charge on any atom is -0.399 e. The quantitative estimate of drug-likeness (QED) is 0.732. The van der Waals surface area contributed by atoms with E-state index >= 15 is 0 Å². The molecule has 1 aromatic rings. The molecule has 1 fully saturated rings. The Morgan fingerprint density at radius 2 is 2.00 bits per heavy atom. The summed E-state index contributed by atoms with van der Waals surface area (Å²) < 4.78 is 0. The molecule has 94 valence electrons. The van der Waals surface area contributed by atoms with Crippen LogP contribution in [0.15, 0.2) is 24.3 Å². The predicted octanol–water partition coefficient (Wildman–Crippen LogP) is 2.93. The Labute approximate surface area is 105 Å². The molecule has 2 rings (SSSR count). The van der Waals surface area contributed by atoms with Gasteiger partial charge in [0.05, 0.1) is 0 Å². The first kappa shape index (κ1) is 12.4. The summed E-state index contributed by atoms with van der Waals surface area (Å²) in [7, 11) is 0. The first-order chi connectivity index (χ1) is 8.29. The summed E-state index contributed by atoms with van der Waals surface area (Å²) in [5, 5.41) is 0. The summed E-state index contributed by atoms with van der Waals surface area (Å²) >= 11 is 0. The topological polar surface area (TPSA) is 29.3 Å². The fourth-order valence-electron chi connectivity index (χ4n) is 2.32. The van der Waals surface area contributed by atoms with Gasteiger partial charge in [0, 0.05) is 18.8 Å². The van der Waals surface area contributed by atoms with Crippen molar-refractivity contribution >= 4 is 5.69 Å². The molecule has 0 aromatic heterocycles. The maximum atomic E-state index is 5.98. The van der Waals surface area contributed by atoms with Crippen molar-refractivity contribution in [2.24, 2.45) is 5.92 Å². The molecule has 1 aliphatic carbocycles. The van der Waals surface area contributed by atoms with Crippen molar-refractivity contribution < 1.29 is 0 Å². The fourth-order valence-corrected chi connectivity index (χ4v) is 2.32. The number of nitrogens with zero attached hydrogens (tertiary/aromatic N) is 1. The average molecular weight is 232 g/mol. The smallest absolute Gasteiger partial charge is 0.0347 e. The largest absolute Gasteiger partial charge is 0.399 e. The fraction of sp³-hybridized carbons (Fsp3) is 0.600. The molecule has 0 aliphatic heterocycles. The van der Waals surface area contributed by atoms with Gasteiger partial charge in [0.25, 0.3) is 0 Å². The molecule has 0 unspecified atom stereocenters. The van der Waals surface area contributed by atoms with Gasteiger partial charge in [-0.05, 0) is 49.8 Å². The highest BCUT2D eigenvalue weighted by molar-refractivity contribution is 5.46. The lowest BCUT2D eigenvalue weighted by Gasteiger charge is -2.21. The highest BCUT2D eigenvalue weighted by atomic mass is 15.1. The molecule has 0 amide bonds. The maximum Gasteiger partial charge on any atom is 0.0347 e. The molecule has 1 aliphatic rings. The first-order valence-corrected chi connectivity index (χ1v) is 6.85. The molecule has 0 heterocycles. The second-order valence-electron chi connectivity index (χ2n) is 5.19. The molecule has 17 heavy (non-hydrogen) atoms. The number of para-hydroxylation sites is 1. The Balaban J connectivity index is 1.83. The maximum absolute atomic E-state index is 5.98. The number of rotatable bonds is 7. The van der Waals surface area contributed by atoms with Crippen LogP contribution < -0.4 is 5.73 Å². The van der Waals surface area contributed by atoms with Crippen LogP contribution in [0.5, 0.6) is 0 Å². The molecular formula is C15H24N2. The third-order valence-electron chi connectivity index (χ3n) is 3.51. The van der Waals surface area contributed by atoms with Crippen molar-refractivity contribution in [2.75, 3.05) is 25.4 Å². The van der Waals surface area contributed by atoms with Crippen molar-refractivity contribution in [3.63, 3.8) is 0 Å². The SMILES string of the molecule is CCCN(CCc1ccccc1N)CC1CC1. The van der Waals surface area contributed by atoms with Crippen LogP contribution in [0, 0.1) is 5.92 Å². The molecule has 2 nitrogen and oxygen atoms in total. The third-order valence-corrected chi connectivity index (χ3v) is 3.51. The Bertz CT molecular complexity index is 345. The van der Waals surface area contributed by atoms with Crippen molar-refractivity contribution in [3.8, 4) is 0 Å². The lowest BCUT2D eigenvalue weighted by molar-refractivity contribution is 0.266. The molecule has 1 saturated carbocycles. The van der Waals surface area contributed by atoms with E-state index in [0.717, 1.165) is 24.6 Å². The van der Waals surface area contributed by atoms with Crippen molar-refractivity contribution in [1.29, 1.82) is 0 Å². The second kappa shape index (κ2) is 6.06. The van der Waals surface area contributed by atoms with E-state index in [0.29, 0.717) is 0 Å². The minimum atomic E-state index is 0.940. The Kier molecular flexibility index (Phi) is 4.43. The van der Waals surface area contributed by atoms with E-state index < -0.39 is 0 Å². The zero-order valence-electron chi connectivity index (χ0n) is 10.9. The Morgan fingerprint density at radius 3 is 2.65 bits per heavy atom. The first-order valence-electron chi connectivity index (χ1n) is 6.85. The number of nitrogens with two attached hydrogens (primary N) is 1. The number of benzene rings is 1. The van der Waals surface area contributed by atoms with Crippen LogP contribution in [0.2, 0.25) is 0 Å². The number of anilines is 1. The van der Waals surface area contributed by atoms with Crippen LogP contribution in [0.4, 0.5) is 5.69 Å². The van der Waals surface area contributed by atoms with Gasteiger partial charge in [-0.15, -0.1) is 0 Å². The number of nitrogen functional groups attached to an aromatic ring is 1. The minimum absolute atomic E-state index is 0.940. The molecule has 0 radical (unpaired) electrons. The van der Waals surface area contributed by atoms with Gasteiger partial charge < -0.3 is 10.6 Å². The van der Waals surface area contributed by atoms with E-state index in [1.165, 1.54) is 37.9 Å². The van der Waals surface area contributed by atoms with Gasteiger partial charge in [-0.1, -0.05) is 25.1 Å². The normalized spacial score (nSPS) is 15.4. The van der Waals surface area contributed by atoms with Gasteiger partial charge in [0.2, 0.25) is 0 Å². The molecule has 0 bridgehead atoms. The van der Waals surface area contributed by atoms with E-state index in [1.54, 1.807) is 0 Å². The monoisotopic (exact) mass is 232 g/mol. The van der Waals surface area contributed by atoms with Gasteiger partial charge in [0.15, 0.2) is 0 Å². The zero-order chi connectivity index (χ0) is 12.1. The van der Waals surface area contributed by atoms with Crippen LogP contribution >= 0.6 is 0 Å². The molecule has 2 N–H and O–H groups in total. The standard InChI is InChI=1S/C15H24N2/c1-2-10-17(12-13-7-8-13)11-9-14-5-3-4-6-15(14)16/h3-6,13H,2,7-12,16H2,1H3. The van der Waals surface area contributed by atoms with E-state index in [4.69, 9.17) is 5.73 Å². The van der Waals surface area contributed by atoms with Gasteiger partial charge in [-0.25, -0.2) is 0 Å². The van der Waals surface area contributed by atoms with Crippen LogP contribution in [0.25, 0.3) is 0 Å². The third kappa shape index (κ3) is 4.04. The lowest BCUT2D eigenvalue weighted by atomic mass is 10.1. The second-order valence-corrected chi connectivity index (χ2v) is 5.19. The number of hydrogen-bond acceptors (Lipinski definition) is 2. The molecule has 0 spiro atoms. The van der Waals surface area contributed by atoms with Crippen molar-refractivity contribution in [3.05, 3.63) is 29.8 Å². The van der Waals surface area contributed by atoms with E-state index in [2.05, 4.69) is 24.0 Å². The Morgan fingerprint density at radius 1 is 1.24 bits per heavy atom. The summed E-state index contributed by atoms with van der Waals surface area (Å²) in [6.45, 7) is 5.93. The Hall–Kier alpha value is -1.02. The van der Waals surface area contributed by atoms with Gasteiger partial charge in [-0.2, -0.15) is 0 Å². The average Bonchev–Trinajstić information content (AvgIpc) is 3.12. The molecule has 2 heteroatoms. The van der Waals surface area contributed by atoms with E-state index in [-0.39, 0.29) is 0 Å². The summed E-state index contributed by atoms with van der Waals surface area (Å²) in [5.41, 5.74) is 8.21. The van der Waals surface area contributed by atoms with Crippen molar-refractivity contribution in [2.45, 2.75) is 32.6 Å². The van der Waals surface area contributed by atoms with Crippen LogP contribution in [0.3, 0.4) is 0 Å². The van der Waals surface area contributed by atoms with Crippen LogP contribution in [-0.2, 0) is 6.42 Å². The van der Waals surface area contributed by atoms with Gasteiger partial charge >= 0.3 is 0 Å². The number of hydrogen-bond donors (Lipinski definition) is 1. The zero-order valence-corrected chi connectivity index (χ0v) is 10.9. The van der Waals surface area contributed by atoms with E-state index in [9.17, 15) is 0 Å². The van der Waals surface area contributed by atoms with Gasteiger partial charge in [-0.3, -0.25) is 0 Å². The van der Waals surface area contributed by atoms with Gasteiger partial charge in [0.1, 0.15) is 0 Å².